The minimum absolute atomic E-state index is 0.167. The molecular formula is C44H53N11O3. The monoisotopic (exact) mass is 783 g/mol. The summed E-state index contributed by atoms with van der Waals surface area (Å²) in [5, 5.41) is 21.6. The second-order valence-corrected chi connectivity index (χ2v) is 17.1. The highest BCUT2D eigenvalue weighted by Gasteiger charge is 2.43. The van der Waals surface area contributed by atoms with Crippen LogP contribution in [0.2, 0.25) is 0 Å². The molecule has 3 atom stereocenters. The van der Waals surface area contributed by atoms with Crippen LogP contribution < -0.4 is 30.7 Å². The van der Waals surface area contributed by atoms with Crippen molar-refractivity contribution < 1.29 is 14.7 Å². The van der Waals surface area contributed by atoms with Gasteiger partial charge in [0, 0.05) is 80.1 Å². The molecule has 14 heteroatoms. The number of piperazine rings is 1. The molecule has 0 unspecified atom stereocenters. The molecule has 0 spiro atoms. The molecule has 5 aliphatic heterocycles. The second-order valence-electron chi connectivity index (χ2n) is 17.1. The molecule has 7 heterocycles. The van der Waals surface area contributed by atoms with Gasteiger partial charge in [-0.15, -0.1) is 10.2 Å². The molecule has 2 bridgehead atoms. The van der Waals surface area contributed by atoms with Gasteiger partial charge in [-0.3, -0.25) is 14.9 Å². The fourth-order valence-electron chi connectivity index (χ4n) is 11.0. The zero-order chi connectivity index (χ0) is 39.3. The topological polar surface area (TPSA) is 160 Å². The number of phenolic OH excluding ortho intramolecular Hbond substituents is 1. The number of likely N-dealkylation sites (tertiary alicyclic amines) is 1. The summed E-state index contributed by atoms with van der Waals surface area (Å²) in [6, 6.07) is 21.2. The summed E-state index contributed by atoms with van der Waals surface area (Å²) in [5.41, 5.74) is 12.0. The number of imide groups is 1. The lowest BCUT2D eigenvalue weighted by molar-refractivity contribution is -0.134. The number of anilines is 5. The van der Waals surface area contributed by atoms with Crippen LogP contribution in [-0.2, 0) is 9.59 Å². The molecule has 2 aromatic carbocycles. The molecule has 1 aliphatic carbocycles. The van der Waals surface area contributed by atoms with Crippen molar-refractivity contribution >= 4 is 40.6 Å². The Morgan fingerprint density at radius 2 is 1.38 bits per heavy atom. The number of nitrogens with one attached hydrogen (secondary N) is 1. The van der Waals surface area contributed by atoms with Crippen LogP contribution in [0.1, 0.15) is 75.8 Å². The first-order valence-electron chi connectivity index (χ1n) is 21.4. The number of amides is 2. The molecule has 4 N–H and O–H groups in total. The average Bonchev–Trinajstić information content (AvgIpc) is 3.52. The van der Waals surface area contributed by atoms with Crippen molar-refractivity contribution in [1.82, 2.24) is 30.4 Å². The van der Waals surface area contributed by atoms with Gasteiger partial charge in [-0.2, -0.15) is 0 Å². The van der Waals surface area contributed by atoms with Crippen LogP contribution in [0.25, 0.3) is 11.3 Å². The van der Waals surface area contributed by atoms with Crippen molar-refractivity contribution in [2.24, 2.45) is 0 Å². The number of piperidine rings is 2. The SMILES string of the molecule is Nc1nnc(-c2ccccc2O)cc1N1C[C@H]2CC[C@@H](C1)N2c1nccc(C2CCN(C3CCC(N4CCN([C@H]5CCC(=O)NC5=O)c5ccccc54)CC3)CC2)n1. The van der Waals surface area contributed by atoms with Gasteiger partial charge >= 0.3 is 0 Å². The summed E-state index contributed by atoms with van der Waals surface area (Å²) < 4.78 is 0. The third kappa shape index (κ3) is 6.84. The lowest BCUT2D eigenvalue weighted by Crippen LogP contribution is -2.57. The molecule has 4 saturated heterocycles. The largest absolute Gasteiger partial charge is 0.507 e. The van der Waals surface area contributed by atoms with Crippen molar-refractivity contribution in [3.05, 3.63) is 72.6 Å². The van der Waals surface area contributed by atoms with Crippen LogP contribution in [0.4, 0.5) is 28.8 Å². The molecule has 6 aliphatic rings. The maximum Gasteiger partial charge on any atom is 0.249 e. The summed E-state index contributed by atoms with van der Waals surface area (Å²) >= 11 is 0. The molecule has 2 aromatic heterocycles. The molecule has 58 heavy (non-hydrogen) atoms. The van der Waals surface area contributed by atoms with E-state index in [0.717, 1.165) is 82.3 Å². The van der Waals surface area contributed by atoms with Gasteiger partial charge in [0.05, 0.1) is 22.8 Å². The smallest absolute Gasteiger partial charge is 0.249 e. The van der Waals surface area contributed by atoms with E-state index in [1.165, 1.54) is 37.1 Å². The normalized spacial score (nSPS) is 26.8. The van der Waals surface area contributed by atoms with E-state index in [2.05, 4.69) is 70.3 Å². The Morgan fingerprint density at radius 1 is 0.707 bits per heavy atom. The predicted molar refractivity (Wildman–Crippen MR) is 224 cm³/mol. The maximum atomic E-state index is 12.8. The first-order valence-corrected chi connectivity index (χ1v) is 21.4. The zero-order valence-corrected chi connectivity index (χ0v) is 33.0. The average molecular weight is 784 g/mol. The number of benzene rings is 2. The van der Waals surface area contributed by atoms with Crippen LogP contribution in [0.3, 0.4) is 0 Å². The summed E-state index contributed by atoms with van der Waals surface area (Å²) in [7, 11) is 0. The minimum atomic E-state index is -0.288. The Bertz CT molecular complexity index is 2160. The van der Waals surface area contributed by atoms with Crippen molar-refractivity contribution in [2.45, 2.75) is 100 Å². The number of nitrogens with two attached hydrogens (primary N) is 1. The van der Waals surface area contributed by atoms with Crippen LogP contribution in [-0.4, -0.2) is 111 Å². The first-order chi connectivity index (χ1) is 28.4. The Labute approximate surface area is 339 Å². The van der Waals surface area contributed by atoms with Crippen LogP contribution in [0, 0.1) is 0 Å². The quantitative estimate of drug-likeness (QED) is 0.222. The number of nitrogen functional groups attached to an aromatic ring is 1. The van der Waals surface area contributed by atoms with E-state index in [9.17, 15) is 14.7 Å². The molecule has 14 nitrogen and oxygen atoms in total. The standard InChI is InChI=1S/C44H53N11O3/c45-42-39(25-35(49-50-42)33-5-1-4-8-40(33)56)52-26-31-13-14-32(27-52)55(31)44-46-20-17-34(47-44)28-18-21-51(22-19-28)29-9-11-30(12-10-29)53-23-24-54(37-7-3-2-6-36(37)53)38-15-16-41(57)48-43(38)58/h1-8,17,20,25,28-32,38,56H,9-16,18-19,21-24,26-27H2,(H2,45,50)(H,48,57,58)/t29?,30?,31-,32+,38-/m0/s1. The fourth-order valence-corrected chi connectivity index (χ4v) is 11.0. The Hall–Kier alpha value is -5.50. The molecule has 10 rings (SSSR count). The summed E-state index contributed by atoms with van der Waals surface area (Å²) in [6.45, 7) is 5.48. The zero-order valence-electron chi connectivity index (χ0n) is 33.0. The Balaban J connectivity index is 0.745. The van der Waals surface area contributed by atoms with Crippen LogP contribution >= 0.6 is 0 Å². The number of carbonyl (C=O) groups is 2. The van der Waals surface area contributed by atoms with Crippen LogP contribution in [0.15, 0.2) is 66.9 Å². The number of para-hydroxylation sites is 3. The third-order valence-corrected chi connectivity index (χ3v) is 13.9. The number of hydrogen-bond acceptors (Lipinski definition) is 13. The van der Waals surface area contributed by atoms with Crippen LogP contribution in [0.5, 0.6) is 5.75 Å². The number of fused-ring (bicyclic) bond motifs is 3. The van der Waals surface area contributed by atoms with E-state index >= 15 is 0 Å². The van der Waals surface area contributed by atoms with Gasteiger partial charge in [0.15, 0.2) is 5.82 Å². The van der Waals surface area contributed by atoms with Crippen molar-refractivity contribution in [3.8, 4) is 17.0 Å². The van der Waals surface area contributed by atoms with Crippen molar-refractivity contribution in [1.29, 1.82) is 0 Å². The molecular weight excluding hydrogens is 731 g/mol. The van der Waals surface area contributed by atoms with E-state index in [-0.39, 0.29) is 35.7 Å². The molecule has 2 amide bonds. The number of phenols is 1. The minimum Gasteiger partial charge on any atom is -0.507 e. The number of nitrogens with zero attached hydrogens (tertiary/aromatic N) is 9. The van der Waals surface area contributed by atoms with Gasteiger partial charge in [-0.05, 0) is 107 Å². The fraction of sp³-hybridized carbons (Fsp3) is 0.500. The van der Waals surface area contributed by atoms with Crippen molar-refractivity contribution in [3.63, 3.8) is 0 Å². The summed E-state index contributed by atoms with van der Waals surface area (Å²) in [6.07, 6.45) is 12.1. The predicted octanol–water partition coefficient (Wildman–Crippen LogP) is 4.70. The molecule has 0 radical (unpaired) electrons. The molecule has 302 valence electrons. The summed E-state index contributed by atoms with van der Waals surface area (Å²) in [4.78, 5) is 47.0. The van der Waals surface area contributed by atoms with Gasteiger partial charge in [0.1, 0.15) is 11.8 Å². The number of carbonyl (C=O) groups excluding carboxylic acids is 2. The lowest BCUT2D eigenvalue weighted by Gasteiger charge is -2.48. The van der Waals surface area contributed by atoms with E-state index in [4.69, 9.17) is 15.7 Å². The highest BCUT2D eigenvalue weighted by atomic mass is 16.3. The first kappa shape index (κ1) is 36.8. The Morgan fingerprint density at radius 3 is 2.12 bits per heavy atom. The van der Waals surface area contributed by atoms with Gasteiger partial charge in [-0.25, -0.2) is 9.97 Å². The number of aromatic hydroxyl groups is 1. The second kappa shape index (κ2) is 15.3. The number of aromatic nitrogens is 4. The molecule has 5 fully saturated rings. The van der Waals surface area contributed by atoms with Crippen molar-refractivity contribution in [2.75, 3.05) is 64.6 Å². The van der Waals surface area contributed by atoms with Gasteiger partial charge in [0.2, 0.25) is 17.8 Å². The van der Waals surface area contributed by atoms with Gasteiger partial charge in [-0.1, -0.05) is 24.3 Å². The van der Waals surface area contributed by atoms with E-state index < -0.39 is 0 Å². The lowest BCUT2D eigenvalue weighted by atomic mass is 9.86. The molecule has 1 saturated carbocycles. The third-order valence-electron chi connectivity index (χ3n) is 13.9. The number of rotatable bonds is 7. The Kier molecular flexibility index (Phi) is 9.74. The summed E-state index contributed by atoms with van der Waals surface area (Å²) in [5.74, 6) is 1.52. The van der Waals surface area contributed by atoms with E-state index in [1.54, 1.807) is 12.1 Å². The highest BCUT2D eigenvalue weighted by molar-refractivity contribution is 6.02. The number of hydrogen-bond donors (Lipinski definition) is 3. The van der Waals surface area contributed by atoms with E-state index in [1.807, 2.05) is 24.4 Å². The molecule has 4 aromatic rings. The maximum absolute atomic E-state index is 12.8. The van der Waals surface area contributed by atoms with Gasteiger partial charge in [0.25, 0.3) is 0 Å². The van der Waals surface area contributed by atoms with Gasteiger partial charge < -0.3 is 35.3 Å². The van der Waals surface area contributed by atoms with E-state index in [0.29, 0.717) is 47.9 Å². The highest BCUT2D eigenvalue weighted by Crippen LogP contribution is 2.42.